The van der Waals surface area contributed by atoms with Gasteiger partial charge in [-0.15, -0.1) is 11.3 Å². The average Bonchev–Trinajstić information content (AvgIpc) is 3.01. The highest BCUT2D eigenvalue weighted by Gasteiger charge is 2.37. The van der Waals surface area contributed by atoms with Gasteiger partial charge in [0.1, 0.15) is 4.21 Å². The van der Waals surface area contributed by atoms with Crippen LogP contribution < -0.4 is 0 Å². The second-order valence-electron chi connectivity index (χ2n) is 6.94. The van der Waals surface area contributed by atoms with Crippen LogP contribution in [0.25, 0.3) is 0 Å². The summed E-state index contributed by atoms with van der Waals surface area (Å²) in [6.45, 7) is 6.84. The van der Waals surface area contributed by atoms with Crippen molar-refractivity contribution in [3.05, 3.63) is 16.0 Å². The van der Waals surface area contributed by atoms with E-state index in [0.717, 1.165) is 36.2 Å². The van der Waals surface area contributed by atoms with Gasteiger partial charge in [-0.05, 0) is 38.7 Å². The maximum absolute atomic E-state index is 13.2. The first-order chi connectivity index (χ1) is 11.9. The van der Waals surface area contributed by atoms with Crippen LogP contribution >= 0.6 is 11.3 Å². The third-order valence-corrected chi connectivity index (χ3v) is 8.67. The molecule has 0 unspecified atom stereocenters. The molecule has 2 aliphatic rings. The number of carbonyl (C=O) groups is 1. The van der Waals surface area contributed by atoms with Gasteiger partial charge in [0.15, 0.2) is 0 Å². The Hall–Kier alpha value is -0.960. The Balaban J connectivity index is 2.05. The van der Waals surface area contributed by atoms with E-state index in [1.54, 1.807) is 0 Å². The quantitative estimate of drug-likeness (QED) is 0.744. The lowest BCUT2D eigenvalue weighted by Gasteiger charge is -2.30. The van der Waals surface area contributed by atoms with Gasteiger partial charge in [-0.25, -0.2) is 13.2 Å². The summed E-state index contributed by atoms with van der Waals surface area (Å²) in [6, 6.07) is 0.388. The van der Waals surface area contributed by atoms with Gasteiger partial charge in [0.2, 0.25) is 0 Å². The number of carbonyl (C=O) groups excluding carboxylic acids is 1. The molecule has 8 heteroatoms. The summed E-state index contributed by atoms with van der Waals surface area (Å²) >= 11 is 1.26. The van der Waals surface area contributed by atoms with Crippen molar-refractivity contribution in [2.75, 3.05) is 26.7 Å². The third-order valence-electron chi connectivity index (χ3n) is 5.06. The predicted octanol–water partition coefficient (Wildman–Crippen LogP) is 2.48. The van der Waals surface area contributed by atoms with E-state index in [1.165, 1.54) is 22.8 Å². The highest BCUT2D eigenvalue weighted by molar-refractivity contribution is 7.91. The molecular weight excluding hydrogens is 360 g/mol. The molecule has 6 nitrogen and oxygen atoms in total. The first kappa shape index (κ1) is 18.8. The van der Waals surface area contributed by atoms with E-state index in [4.69, 9.17) is 4.74 Å². The van der Waals surface area contributed by atoms with Gasteiger partial charge >= 0.3 is 5.97 Å². The van der Waals surface area contributed by atoms with Gasteiger partial charge in [-0.1, -0.05) is 6.42 Å². The summed E-state index contributed by atoms with van der Waals surface area (Å²) < 4.78 is 33.0. The number of sulfonamides is 1. The molecular formula is C17H26N2O4S2. The highest BCUT2D eigenvalue weighted by atomic mass is 32.2. The molecule has 0 radical (unpaired) electrons. The molecule has 1 aromatic heterocycles. The number of piperidine rings is 1. The minimum Gasteiger partial charge on any atom is -0.465 e. The van der Waals surface area contributed by atoms with Crippen LogP contribution in [-0.4, -0.2) is 56.4 Å². The van der Waals surface area contributed by atoms with E-state index >= 15 is 0 Å². The first-order valence-corrected chi connectivity index (χ1v) is 11.1. The number of nitrogens with zero attached hydrogens (tertiary/aromatic N) is 2. The summed E-state index contributed by atoms with van der Waals surface area (Å²) in [7, 11) is -2.33. The van der Waals surface area contributed by atoms with Crippen LogP contribution in [0.4, 0.5) is 0 Å². The SMILES string of the molecule is COC(=O)c1c(S(=O)(=O)N2CCCCC2)sc2c1CCN(C(C)C)C2. The number of hydrogen-bond donors (Lipinski definition) is 0. The second kappa shape index (κ2) is 7.34. The van der Waals surface area contributed by atoms with E-state index in [-0.39, 0.29) is 9.77 Å². The molecule has 0 saturated carbocycles. The van der Waals surface area contributed by atoms with Crippen molar-refractivity contribution in [3.63, 3.8) is 0 Å². The molecule has 0 N–H and O–H groups in total. The highest BCUT2D eigenvalue weighted by Crippen LogP contribution is 2.38. The Kier molecular flexibility index (Phi) is 5.53. The van der Waals surface area contributed by atoms with E-state index in [0.29, 0.717) is 32.1 Å². The van der Waals surface area contributed by atoms with E-state index in [2.05, 4.69) is 18.7 Å². The summed E-state index contributed by atoms with van der Waals surface area (Å²) in [5.41, 5.74) is 1.14. The minimum atomic E-state index is -3.65. The van der Waals surface area contributed by atoms with Crippen molar-refractivity contribution in [2.24, 2.45) is 0 Å². The largest absolute Gasteiger partial charge is 0.465 e. The van der Waals surface area contributed by atoms with Gasteiger partial charge in [0, 0.05) is 37.1 Å². The molecule has 0 aliphatic carbocycles. The summed E-state index contributed by atoms with van der Waals surface area (Å²) in [4.78, 5) is 15.7. The van der Waals surface area contributed by atoms with Crippen LogP contribution in [0.15, 0.2) is 4.21 Å². The smallest absolute Gasteiger partial charge is 0.340 e. The molecule has 0 atom stereocenters. The van der Waals surface area contributed by atoms with Crippen LogP contribution in [0.1, 0.15) is 53.9 Å². The molecule has 0 bridgehead atoms. The Morgan fingerprint density at radius 1 is 1.16 bits per heavy atom. The molecule has 0 amide bonds. The number of thiophene rings is 1. The molecule has 1 aromatic rings. The number of fused-ring (bicyclic) bond motifs is 1. The number of ether oxygens (including phenoxy) is 1. The molecule has 0 aromatic carbocycles. The van der Waals surface area contributed by atoms with Gasteiger partial charge in [0.25, 0.3) is 10.0 Å². The van der Waals surface area contributed by atoms with Crippen molar-refractivity contribution in [1.82, 2.24) is 9.21 Å². The van der Waals surface area contributed by atoms with Gasteiger partial charge < -0.3 is 4.74 Å². The normalized spacial score (nSPS) is 19.8. The zero-order valence-corrected chi connectivity index (χ0v) is 16.7. The van der Waals surface area contributed by atoms with Crippen molar-refractivity contribution >= 4 is 27.3 Å². The van der Waals surface area contributed by atoms with Gasteiger partial charge in [0.05, 0.1) is 12.7 Å². The molecule has 25 heavy (non-hydrogen) atoms. The molecule has 3 heterocycles. The van der Waals surface area contributed by atoms with E-state index in [9.17, 15) is 13.2 Å². The summed E-state index contributed by atoms with van der Waals surface area (Å²) in [5.74, 6) is -0.536. The molecule has 2 aliphatic heterocycles. The van der Waals surface area contributed by atoms with Crippen molar-refractivity contribution in [3.8, 4) is 0 Å². The Bertz CT molecular complexity index is 749. The summed E-state index contributed by atoms with van der Waals surface area (Å²) in [5, 5.41) is 0. The first-order valence-electron chi connectivity index (χ1n) is 8.83. The zero-order valence-electron chi connectivity index (χ0n) is 15.1. The van der Waals surface area contributed by atoms with Crippen LogP contribution in [0.3, 0.4) is 0 Å². The number of hydrogen-bond acceptors (Lipinski definition) is 6. The summed E-state index contributed by atoms with van der Waals surface area (Å²) in [6.07, 6.45) is 3.49. The second-order valence-corrected chi connectivity index (χ2v) is 10.2. The number of rotatable bonds is 4. The zero-order chi connectivity index (χ0) is 18.2. The standard InChI is InChI=1S/C17H26N2O4S2/c1-12(2)18-10-7-13-14(11-18)24-17(15(13)16(20)23-3)25(21,22)19-8-5-4-6-9-19/h12H,4-11H2,1-3H3. The fourth-order valence-corrected chi connectivity index (χ4v) is 7.12. The molecule has 3 rings (SSSR count). The lowest BCUT2D eigenvalue weighted by Crippen LogP contribution is -2.36. The van der Waals surface area contributed by atoms with Crippen molar-refractivity contribution in [1.29, 1.82) is 0 Å². The molecule has 1 fully saturated rings. The predicted molar refractivity (Wildman–Crippen MR) is 97.5 cm³/mol. The topological polar surface area (TPSA) is 66.9 Å². The fraction of sp³-hybridized carbons (Fsp3) is 0.706. The van der Waals surface area contributed by atoms with Gasteiger partial charge in [-0.3, -0.25) is 4.90 Å². The van der Waals surface area contributed by atoms with Crippen LogP contribution in [0, 0.1) is 0 Å². The Morgan fingerprint density at radius 2 is 1.84 bits per heavy atom. The lowest BCUT2D eigenvalue weighted by molar-refractivity contribution is 0.0595. The number of esters is 1. The third kappa shape index (κ3) is 3.49. The Labute approximate surface area is 153 Å². The van der Waals surface area contributed by atoms with E-state index in [1.807, 2.05) is 0 Å². The van der Waals surface area contributed by atoms with Crippen LogP contribution in [0.5, 0.6) is 0 Å². The fourth-order valence-electron chi connectivity index (χ4n) is 3.55. The Morgan fingerprint density at radius 3 is 2.44 bits per heavy atom. The molecule has 0 spiro atoms. The van der Waals surface area contributed by atoms with E-state index < -0.39 is 16.0 Å². The van der Waals surface area contributed by atoms with Crippen LogP contribution in [0.2, 0.25) is 0 Å². The van der Waals surface area contributed by atoms with Crippen LogP contribution in [-0.2, 0) is 27.7 Å². The van der Waals surface area contributed by atoms with Gasteiger partial charge in [-0.2, -0.15) is 4.31 Å². The number of methoxy groups -OCH3 is 1. The van der Waals surface area contributed by atoms with Crippen molar-refractivity contribution < 1.29 is 17.9 Å². The minimum absolute atomic E-state index is 0.178. The molecule has 140 valence electrons. The lowest BCUT2D eigenvalue weighted by atomic mass is 10.0. The maximum Gasteiger partial charge on any atom is 0.340 e. The van der Waals surface area contributed by atoms with Crippen molar-refractivity contribution in [2.45, 2.75) is 56.3 Å². The average molecular weight is 387 g/mol. The monoisotopic (exact) mass is 386 g/mol. The maximum atomic E-state index is 13.2. The molecule has 1 saturated heterocycles.